The lowest BCUT2D eigenvalue weighted by Gasteiger charge is -2.23. The SMILES string of the molecule is C[C@H](Nc1nccc(N(C(=O)Nc2c(F)cccc2F)c2ccc(F)cc2)n1)c1ccccc1. The van der Waals surface area contributed by atoms with Gasteiger partial charge in [0.05, 0.1) is 11.7 Å². The summed E-state index contributed by atoms with van der Waals surface area (Å²) in [6, 6.07) is 18.3. The summed E-state index contributed by atoms with van der Waals surface area (Å²) in [5, 5.41) is 5.40. The van der Waals surface area contributed by atoms with E-state index in [4.69, 9.17) is 0 Å². The fourth-order valence-corrected chi connectivity index (χ4v) is 3.29. The van der Waals surface area contributed by atoms with Crippen LogP contribution in [0.2, 0.25) is 0 Å². The van der Waals surface area contributed by atoms with Crippen molar-refractivity contribution in [2.75, 3.05) is 15.5 Å². The zero-order valence-electron chi connectivity index (χ0n) is 18.0. The highest BCUT2D eigenvalue weighted by Gasteiger charge is 2.23. The Morgan fingerprint density at radius 3 is 2.24 bits per heavy atom. The number of carbonyl (C=O) groups excluding carboxylic acids is 1. The Hall–Kier alpha value is -4.40. The number of aromatic nitrogens is 2. The van der Waals surface area contributed by atoms with E-state index in [1.165, 1.54) is 30.5 Å². The van der Waals surface area contributed by atoms with Crippen molar-refractivity contribution in [3.8, 4) is 0 Å². The van der Waals surface area contributed by atoms with Gasteiger partial charge in [0.1, 0.15) is 29.0 Å². The van der Waals surface area contributed by atoms with Crippen molar-refractivity contribution in [1.82, 2.24) is 9.97 Å². The maximum Gasteiger partial charge on any atom is 0.332 e. The molecule has 3 aromatic carbocycles. The summed E-state index contributed by atoms with van der Waals surface area (Å²) < 4.78 is 41.8. The lowest BCUT2D eigenvalue weighted by Crippen LogP contribution is -2.32. The van der Waals surface area contributed by atoms with Gasteiger partial charge < -0.3 is 10.6 Å². The molecule has 0 spiro atoms. The molecule has 0 unspecified atom stereocenters. The van der Waals surface area contributed by atoms with Crippen molar-refractivity contribution in [2.24, 2.45) is 0 Å². The summed E-state index contributed by atoms with van der Waals surface area (Å²) in [6.07, 6.45) is 1.44. The van der Waals surface area contributed by atoms with Gasteiger partial charge in [-0.2, -0.15) is 4.98 Å². The van der Waals surface area contributed by atoms with Crippen LogP contribution in [-0.4, -0.2) is 16.0 Å². The molecular weight excluding hydrogens is 443 g/mol. The van der Waals surface area contributed by atoms with Crippen molar-refractivity contribution in [3.05, 3.63) is 108 Å². The predicted octanol–water partition coefficient (Wildman–Crippen LogP) is 6.44. The van der Waals surface area contributed by atoms with Crippen molar-refractivity contribution in [2.45, 2.75) is 13.0 Å². The average Bonchev–Trinajstić information content (AvgIpc) is 2.84. The molecule has 172 valence electrons. The number of para-hydroxylation sites is 1. The normalized spacial score (nSPS) is 11.5. The molecule has 9 heteroatoms. The van der Waals surface area contributed by atoms with Crippen molar-refractivity contribution in [3.63, 3.8) is 0 Å². The van der Waals surface area contributed by atoms with Crippen LogP contribution in [0.3, 0.4) is 0 Å². The highest BCUT2D eigenvalue weighted by molar-refractivity contribution is 6.06. The maximum atomic E-state index is 14.1. The molecule has 0 aliphatic carbocycles. The summed E-state index contributed by atoms with van der Waals surface area (Å²) >= 11 is 0. The van der Waals surface area contributed by atoms with E-state index in [-0.39, 0.29) is 23.5 Å². The fourth-order valence-electron chi connectivity index (χ4n) is 3.29. The number of urea groups is 1. The number of nitrogens with zero attached hydrogens (tertiary/aromatic N) is 3. The van der Waals surface area contributed by atoms with E-state index in [2.05, 4.69) is 20.6 Å². The summed E-state index contributed by atoms with van der Waals surface area (Å²) in [5.74, 6) is -2.04. The molecule has 6 nitrogen and oxygen atoms in total. The number of hydrogen-bond donors (Lipinski definition) is 2. The quantitative estimate of drug-likeness (QED) is 0.345. The van der Waals surface area contributed by atoms with Gasteiger partial charge in [0.15, 0.2) is 0 Å². The molecular formula is C25H20F3N5O. The third-order valence-electron chi connectivity index (χ3n) is 5.00. The third-order valence-corrected chi connectivity index (χ3v) is 5.00. The Labute approximate surface area is 194 Å². The highest BCUT2D eigenvalue weighted by Crippen LogP contribution is 2.28. The molecule has 2 amide bonds. The standard InChI is InChI=1S/C25H20F3N5O/c1-16(17-6-3-2-4-7-17)30-24-29-15-14-22(31-24)33(19-12-10-18(26)11-13-19)25(34)32-23-20(27)8-5-9-21(23)28/h2-16H,1H3,(H,32,34)(H,29,30,31)/t16-/m0/s1. The number of carbonyl (C=O) groups is 1. The molecule has 0 saturated heterocycles. The summed E-state index contributed by atoms with van der Waals surface area (Å²) in [6.45, 7) is 1.93. The van der Waals surface area contributed by atoms with E-state index in [0.29, 0.717) is 0 Å². The van der Waals surface area contributed by atoms with Crippen LogP contribution in [0.4, 0.5) is 41.1 Å². The number of anilines is 4. The lowest BCUT2D eigenvalue weighted by atomic mass is 10.1. The monoisotopic (exact) mass is 463 g/mol. The molecule has 34 heavy (non-hydrogen) atoms. The average molecular weight is 463 g/mol. The Balaban J connectivity index is 1.67. The number of halogens is 3. The molecule has 2 N–H and O–H groups in total. The first kappa shape index (κ1) is 22.8. The van der Waals surface area contributed by atoms with Crippen LogP contribution < -0.4 is 15.5 Å². The number of benzene rings is 3. The minimum Gasteiger partial charge on any atom is -0.348 e. The van der Waals surface area contributed by atoms with Gasteiger partial charge in [0.25, 0.3) is 0 Å². The van der Waals surface area contributed by atoms with Crippen LogP contribution in [0.5, 0.6) is 0 Å². The molecule has 0 fully saturated rings. The van der Waals surface area contributed by atoms with Gasteiger partial charge in [0.2, 0.25) is 5.95 Å². The lowest BCUT2D eigenvalue weighted by molar-refractivity contribution is 0.258. The van der Waals surface area contributed by atoms with Crippen LogP contribution in [-0.2, 0) is 0 Å². The number of rotatable bonds is 6. The molecule has 4 aromatic rings. The van der Waals surface area contributed by atoms with Crippen LogP contribution in [0.25, 0.3) is 0 Å². The fraction of sp³-hybridized carbons (Fsp3) is 0.0800. The second-order valence-electron chi connectivity index (χ2n) is 7.35. The first-order chi connectivity index (χ1) is 16.4. The second-order valence-corrected chi connectivity index (χ2v) is 7.35. The van der Waals surface area contributed by atoms with Crippen LogP contribution in [0.1, 0.15) is 18.5 Å². The zero-order chi connectivity index (χ0) is 24.1. The topological polar surface area (TPSA) is 70.2 Å². The van der Waals surface area contributed by atoms with E-state index in [1.54, 1.807) is 0 Å². The Morgan fingerprint density at radius 1 is 0.882 bits per heavy atom. The van der Waals surface area contributed by atoms with Crippen molar-refractivity contribution in [1.29, 1.82) is 0 Å². The van der Waals surface area contributed by atoms with E-state index in [1.807, 2.05) is 37.3 Å². The van der Waals surface area contributed by atoms with Crippen LogP contribution in [0, 0.1) is 17.5 Å². The predicted molar refractivity (Wildman–Crippen MR) is 124 cm³/mol. The van der Waals surface area contributed by atoms with Gasteiger partial charge in [0, 0.05) is 12.3 Å². The minimum atomic E-state index is -0.936. The van der Waals surface area contributed by atoms with Gasteiger partial charge in [-0.25, -0.2) is 27.8 Å². The molecule has 4 rings (SSSR count). The van der Waals surface area contributed by atoms with E-state index >= 15 is 0 Å². The van der Waals surface area contributed by atoms with E-state index in [0.717, 1.165) is 34.7 Å². The first-order valence-corrected chi connectivity index (χ1v) is 10.4. The van der Waals surface area contributed by atoms with Crippen molar-refractivity contribution < 1.29 is 18.0 Å². The largest absolute Gasteiger partial charge is 0.348 e. The smallest absolute Gasteiger partial charge is 0.332 e. The molecule has 1 heterocycles. The van der Waals surface area contributed by atoms with Gasteiger partial charge in [-0.15, -0.1) is 0 Å². The van der Waals surface area contributed by atoms with Gasteiger partial charge >= 0.3 is 6.03 Å². The molecule has 0 aliphatic heterocycles. The van der Waals surface area contributed by atoms with Gasteiger partial charge in [-0.3, -0.25) is 0 Å². The minimum absolute atomic E-state index is 0.110. The zero-order valence-corrected chi connectivity index (χ0v) is 18.0. The third kappa shape index (κ3) is 5.15. The van der Waals surface area contributed by atoms with Crippen LogP contribution >= 0.6 is 0 Å². The Kier molecular flexibility index (Phi) is 6.72. The Bertz CT molecular complexity index is 1270. The highest BCUT2D eigenvalue weighted by atomic mass is 19.1. The van der Waals surface area contributed by atoms with Crippen LogP contribution in [0.15, 0.2) is 85.1 Å². The number of amides is 2. The van der Waals surface area contributed by atoms with E-state index < -0.39 is 29.2 Å². The maximum absolute atomic E-state index is 14.1. The summed E-state index contributed by atoms with van der Waals surface area (Å²) in [5.41, 5.74) is 0.626. The Morgan fingerprint density at radius 2 is 1.56 bits per heavy atom. The summed E-state index contributed by atoms with van der Waals surface area (Å²) in [7, 11) is 0. The van der Waals surface area contributed by atoms with Gasteiger partial charge in [-0.1, -0.05) is 36.4 Å². The number of hydrogen-bond acceptors (Lipinski definition) is 4. The first-order valence-electron chi connectivity index (χ1n) is 10.4. The number of nitrogens with one attached hydrogen (secondary N) is 2. The second kappa shape index (κ2) is 10.0. The van der Waals surface area contributed by atoms with Crippen molar-refractivity contribution >= 4 is 29.2 Å². The molecule has 0 bridgehead atoms. The molecule has 1 atom stereocenters. The molecule has 0 aliphatic rings. The van der Waals surface area contributed by atoms with E-state index in [9.17, 15) is 18.0 Å². The summed E-state index contributed by atoms with van der Waals surface area (Å²) in [4.78, 5) is 22.9. The van der Waals surface area contributed by atoms with Gasteiger partial charge in [-0.05, 0) is 48.9 Å². The molecule has 0 saturated carbocycles. The molecule has 1 aromatic heterocycles. The molecule has 0 radical (unpaired) electrons.